The van der Waals surface area contributed by atoms with Gasteiger partial charge in [-0.3, -0.25) is 14.4 Å². The fraction of sp³-hybridized carbons (Fsp3) is 0.436. The quantitative estimate of drug-likeness (QED) is 0.0552. The molecule has 0 saturated carbocycles. The number of benzene rings is 2. The van der Waals surface area contributed by atoms with Crippen molar-refractivity contribution in [3.8, 4) is 0 Å². The zero-order valence-corrected chi connectivity index (χ0v) is 43.3. The molecule has 7 rings (SSSR count). The molecule has 67 heavy (non-hydrogen) atoms. The number of furan rings is 3. The number of esters is 1. The Bertz CT molecular complexity index is 2460. The maximum atomic E-state index is 13.0. The monoisotopic (exact) mass is 968 g/mol. The van der Waals surface area contributed by atoms with Gasteiger partial charge in [0.05, 0.1) is 39.7 Å². The van der Waals surface area contributed by atoms with Crippen LogP contribution in [0, 0.1) is 46.5 Å². The first-order chi connectivity index (χ1) is 32.1. The van der Waals surface area contributed by atoms with Crippen molar-refractivity contribution in [2.24, 2.45) is 11.8 Å². The lowest BCUT2D eigenvalue weighted by Crippen LogP contribution is -2.23. The lowest BCUT2D eigenvalue weighted by molar-refractivity contribution is -0.137. The molecule has 2 aromatic carbocycles. The number of rotatable bonds is 16. The van der Waals surface area contributed by atoms with E-state index in [2.05, 4.69) is 65.8 Å². The third-order valence-corrected chi connectivity index (χ3v) is 16.0. The van der Waals surface area contributed by atoms with Crippen LogP contribution < -0.4 is 0 Å². The number of thioether (sulfide) groups is 1. The molecule has 0 spiro atoms. The molecule has 2 aliphatic carbocycles. The molecule has 0 bridgehead atoms. The fourth-order valence-electron chi connectivity index (χ4n) is 8.78. The standard InChI is InChI=1S/C24H30O3S.C21H28O4.C10H10O2S2/c1-5-18-9-15(3)10-19(6-2)23(18)24-20(25)11-17(12-21(24)26)7-8-28-22-14-27-13-16(22)4;1-5-16-9-13(3)10-17(6-2)20(16)21-18(24)11-15(7-8-22)12-19(21)25-14(4)23;1-7-3-11-5-9(7)13-14-10-6-12-4-8(10)2/h9-10,13-14,17,25H,5-8,11-12H2,1-4H3;9-10,15,22H,5-8,11-12H2,1-4H3;3-6H,1-2H3. The van der Waals surface area contributed by atoms with Gasteiger partial charge in [-0.05, 0) is 146 Å². The van der Waals surface area contributed by atoms with Gasteiger partial charge in [-0.25, -0.2) is 0 Å². The topological polar surface area (TPSA) is 140 Å². The molecule has 9 nitrogen and oxygen atoms in total. The van der Waals surface area contributed by atoms with Crippen LogP contribution in [0.3, 0.4) is 0 Å². The van der Waals surface area contributed by atoms with Crippen LogP contribution in [0.4, 0.5) is 0 Å². The van der Waals surface area contributed by atoms with Gasteiger partial charge in [0.25, 0.3) is 0 Å². The van der Waals surface area contributed by atoms with Crippen LogP contribution in [-0.2, 0) is 44.8 Å². The van der Waals surface area contributed by atoms with Crippen molar-refractivity contribution in [2.75, 3.05) is 12.4 Å². The van der Waals surface area contributed by atoms with E-state index in [1.807, 2.05) is 20.8 Å². The van der Waals surface area contributed by atoms with Crippen molar-refractivity contribution >= 4 is 62.0 Å². The van der Waals surface area contributed by atoms with Gasteiger partial charge in [0.1, 0.15) is 30.3 Å². The highest BCUT2D eigenvalue weighted by Gasteiger charge is 2.33. The van der Waals surface area contributed by atoms with Gasteiger partial charge in [-0.15, -0.1) is 11.8 Å². The summed E-state index contributed by atoms with van der Waals surface area (Å²) in [7, 11) is 3.38. The number of hydrogen-bond donors (Lipinski definition) is 2. The Morgan fingerprint density at radius 3 is 1.42 bits per heavy atom. The first-order valence-electron chi connectivity index (χ1n) is 23.4. The second-order valence-corrected chi connectivity index (χ2v) is 20.9. The van der Waals surface area contributed by atoms with Crippen LogP contribution in [0.25, 0.3) is 11.1 Å². The summed E-state index contributed by atoms with van der Waals surface area (Å²) < 4.78 is 20.9. The number of carbonyl (C=O) groups is 3. The van der Waals surface area contributed by atoms with Crippen molar-refractivity contribution in [1.82, 2.24) is 0 Å². The molecular formula is C55H68O9S3. The van der Waals surface area contributed by atoms with E-state index in [0.29, 0.717) is 49.0 Å². The maximum absolute atomic E-state index is 13.0. The van der Waals surface area contributed by atoms with Gasteiger partial charge >= 0.3 is 5.97 Å². The minimum atomic E-state index is -0.409. The molecule has 2 N–H and O–H groups in total. The Morgan fingerprint density at radius 2 is 1.03 bits per heavy atom. The lowest BCUT2D eigenvalue weighted by atomic mass is 9.79. The number of aryl methyl sites for hydroxylation is 9. The van der Waals surface area contributed by atoms with Crippen LogP contribution in [-0.4, -0.2) is 40.1 Å². The van der Waals surface area contributed by atoms with Crippen molar-refractivity contribution in [2.45, 2.75) is 148 Å². The summed E-state index contributed by atoms with van der Waals surface area (Å²) in [5.41, 5.74) is 13.5. The molecule has 0 radical (unpaired) electrons. The summed E-state index contributed by atoms with van der Waals surface area (Å²) in [4.78, 5) is 41.1. The minimum absolute atomic E-state index is 0.00852. The molecule has 2 aliphatic rings. The number of aliphatic hydroxyl groups is 2. The van der Waals surface area contributed by atoms with Gasteiger partial charge in [0.2, 0.25) is 0 Å². The zero-order chi connectivity index (χ0) is 48.8. The van der Waals surface area contributed by atoms with Gasteiger partial charge in [-0.1, -0.05) is 63.1 Å². The highest BCUT2D eigenvalue weighted by Crippen LogP contribution is 2.42. The molecule has 3 aromatic heterocycles. The largest absolute Gasteiger partial charge is 0.512 e. The predicted molar refractivity (Wildman–Crippen MR) is 273 cm³/mol. The Hall–Kier alpha value is -4.62. The molecule has 2 unspecified atom stereocenters. The van der Waals surface area contributed by atoms with Crippen LogP contribution in [0.15, 0.2) is 101 Å². The first kappa shape index (κ1) is 53.3. The average molecular weight is 969 g/mol. The normalized spacial score (nSPS) is 16.2. The molecule has 3 heterocycles. The van der Waals surface area contributed by atoms with Crippen LogP contribution >= 0.6 is 33.3 Å². The van der Waals surface area contributed by atoms with Gasteiger partial charge in [0, 0.05) is 60.8 Å². The van der Waals surface area contributed by atoms with Crippen LogP contribution in [0.5, 0.6) is 0 Å². The van der Waals surface area contributed by atoms with E-state index < -0.39 is 5.97 Å². The summed E-state index contributed by atoms with van der Waals surface area (Å²) in [5, 5.41) is 20.1. The SMILES string of the molecule is CCc1cc(C)cc(CC)c1C1=C(O)CC(CCSc2cocc2C)CC1=O.CCc1cc(C)cc(CC)c1C1=C(OC(C)=O)CC(CCO)CC1=O.Cc1cocc1SSc1cocc1C. The number of hydrogen-bond acceptors (Lipinski definition) is 12. The Balaban J connectivity index is 0.000000198. The molecule has 12 heteroatoms. The van der Waals surface area contributed by atoms with E-state index in [1.165, 1.54) is 29.2 Å². The van der Waals surface area contributed by atoms with Crippen molar-refractivity contribution < 1.29 is 42.6 Å². The molecule has 0 aliphatic heterocycles. The van der Waals surface area contributed by atoms with Gasteiger partial charge < -0.3 is 28.2 Å². The molecule has 5 aromatic rings. The summed E-state index contributed by atoms with van der Waals surface area (Å²) in [6.45, 7) is 20.0. The summed E-state index contributed by atoms with van der Waals surface area (Å²) in [5.74, 6) is 1.59. The number of ether oxygens (including phenoxy) is 1. The number of carbonyl (C=O) groups excluding carboxylic acids is 3. The number of aliphatic hydroxyl groups excluding tert-OH is 2. The molecule has 0 amide bonds. The second kappa shape index (κ2) is 25.7. The highest BCUT2D eigenvalue weighted by molar-refractivity contribution is 8.76. The summed E-state index contributed by atoms with van der Waals surface area (Å²) in [6.07, 6.45) is 17.4. The minimum Gasteiger partial charge on any atom is -0.512 e. The Labute approximate surface area is 409 Å². The molecule has 360 valence electrons. The van der Waals surface area contributed by atoms with Gasteiger partial charge in [0.15, 0.2) is 11.6 Å². The Kier molecular flexibility index (Phi) is 20.4. The van der Waals surface area contributed by atoms with E-state index in [0.717, 1.165) is 91.5 Å². The average Bonchev–Trinajstić information content (AvgIpc) is 4.03. The lowest BCUT2D eigenvalue weighted by Gasteiger charge is -2.27. The third kappa shape index (κ3) is 14.2. The smallest absolute Gasteiger partial charge is 0.307 e. The molecule has 2 atom stereocenters. The number of Topliss-reactive ketones (excluding diaryl/α,β-unsaturated/α-hetero) is 2. The van der Waals surface area contributed by atoms with Crippen LogP contribution in [0.2, 0.25) is 0 Å². The maximum Gasteiger partial charge on any atom is 0.307 e. The number of ketones is 2. The van der Waals surface area contributed by atoms with Gasteiger partial charge in [-0.2, -0.15) is 0 Å². The van der Waals surface area contributed by atoms with E-state index in [9.17, 15) is 24.6 Å². The van der Waals surface area contributed by atoms with E-state index in [-0.39, 0.29) is 35.8 Å². The third-order valence-electron chi connectivity index (χ3n) is 12.2. The van der Waals surface area contributed by atoms with Crippen molar-refractivity contribution in [3.63, 3.8) is 0 Å². The van der Waals surface area contributed by atoms with Crippen molar-refractivity contribution in [3.05, 3.63) is 135 Å². The summed E-state index contributed by atoms with van der Waals surface area (Å²) in [6, 6.07) is 8.52. The molecule has 0 saturated heterocycles. The van der Waals surface area contributed by atoms with E-state index in [1.54, 1.807) is 70.9 Å². The van der Waals surface area contributed by atoms with Crippen LogP contribution in [0.1, 0.15) is 134 Å². The second-order valence-electron chi connectivity index (χ2n) is 17.5. The fourth-order valence-corrected chi connectivity index (χ4v) is 12.1. The predicted octanol–water partition coefficient (Wildman–Crippen LogP) is 14.5. The molecular weight excluding hydrogens is 901 g/mol. The highest BCUT2D eigenvalue weighted by atomic mass is 33.1. The molecule has 0 fully saturated rings. The summed E-state index contributed by atoms with van der Waals surface area (Å²) >= 11 is 1.76. The number of allylic oxidation sites excluding steroid dienone is 4. The van der Waals surface area contributed by atoms with Crippen molar-refractivity contribution in [1.29, 1.82) is 0 Å². The zero-order valence-electron chi connectivity index (χ0n) is 40.9. The Morgan fingerprint density at radius 1 is 0.612 bits per heavy atom. The van der Waals surface area contributed by atoms with E-state index in [4.69, 9.17) is 18.0 Å². The van der Waals surface area contributed by atoms with E-state index >= 15 is 0 Å². The first-order valence-corrected chi connectivity index (χ1v) is 26.6.